The van der Waals surface area contributed by atoms with Gasteiger partial charge in [-0.3, -0.25) is 0 Å². The maximum Gasteiger partial charge on any atom is 0.350 e. The largest absolute Gasteiger partial charge is 0.493 e. The Morgan fingerprint density at radius 1 is 0.960 bits per heavy atom. The number of esters is 1. The number of anilines is 2. The van der Waals surface area contributed by atoms with E-state index < -0.39 is 12.0 Å². The Kier molecular flexibility index (Phi) is 6.07. The molecule has 1 aromatic heterocycles. The molecule has 2 rings (SSSR count). The predicted octanol–water partition coefficient (Wildman–Crippen LogP) is 3.20. The fourth-order valence-electron chi connectivity index (χ4n) is 2.10. The average molecular weight is 366 g/mol. The van der Waals surface area contributed by atoms with Gasteiger partial charge in [-0.2, -0.15) is 0 Å². The van der Waals surface area contributed by atoms with E-state index in [1.165, 1.54) is 39.8 Å². The van der Waals surface area contributed by atoms with Gasteiger partial charge in [0.1, 0.15) is 4.88 Å². The topological polar surface area (TPSA) is 95.1 Å². The van der Waals surface area contributed by atoms with E-state index in [9.17, 15) is 9.59 Å². The zero-order chi connectivity index (χ0) is 18.4. The van der Waals surface area contributed by atoms with Gasteiger partial charge >= 0.3 is 12.0 Å². The van der Waals surface area contributed by atoms with E-state index in [4.69, 9.17) is 14.2 Å². The molecule has 0 aliphatic carbocycles. The molecule has 1 heterocycles. The second kappa shape index (κ2) is 8.25. The Morgan fingerprint density at radius 3 is 2.12 bits per heavy atom. The fourth-order valence-corrected chi connectivity index (χ4v) is 2.86. The first kappa shape index (κ1) is 18.4. The Labute approximate surface area is 148 Å². The summed E-state index contributed by atoms with van der Waals surface area (Å²) in [5, 5.41) is 6.94. The Bertz CT molecular complexity index is 749. The number of methoxy groups -OCH3 is 4. The van der Waals surface area contributed by atoms with Crippen LogP contribution in [0.5, 0.6) is 17.2 Å². The van der Waals surface area contributed by atoms with Gasteiger partial charge in [0.05, 0.1) is 39.8 Å². The lowest BCUT2D eigenvalue weighted by molar-refractivity contribution is 0.0607. The number of ether oxygens (including phenoxy) is 4. The van der Waals surface area contributed by atoms with Crippen molar-refractivity contribution in [1.82, 2.24) is 0 Å². The van der Waals surface area contributed by atoms with Crippen LogP contribution >= 0.6 is 11.3 Å². The second-order valence-corrected chi connectivity index (χ2v) is 5.56. The molecule has 1 aromatic carbocycles. The summed E-state index contributed by atoms with van der Waals surface area (Å²) in [7, 11) is 5.73. The number of hydrogen-bond donors (Lipinski definition) is 2. The van der Waals surface area contributed by atoms with Crippen molar-refractivity contribution < 1.29 is 28.5 Å². The highest BCUT2D eigenvalue weighted by atomic mass is 32.1. The number of benzene rings is 1. The van der Waals surface area contributed by atoms with Gasteiger partial charge in [0.25, 0.3) is 0 Å². The van der Waals surface area contributed by atoms with Crippen molar-refractivity contribution >= 4 is 34.7 Å². The summed E-state index contributed by atoms with van der Waals surface area (Å²) in [6.45, 7) is 0. The number of hydrogen-bond acceptors (Lipinski definition) is 7. The Hall–Kier alpha value is -2.94. The van der Waals surface area contributed by atoms with E-state index in [2.05, 4.69) is 15.4 Å². The predicted molar refractivity (Wildman–Crippen MR) is 94.4 cm³/mol. The smallest absolute Gasteiger partial charge is 0.350 e. The summed E-state index contributed by atoms with van der Waals surface area (Å²) in [5.41, 5.74) is 0.795. The lowest BCUT2D eigenvalue weighted by atomic mass is 10.2. The molecule has 0 fully saturated rings. The minimum atomic E-state index is -0.530. The van der Waals surface area contributed by atoms with Crippen LogP contribution in [0, 0.1) is 0 Å². The zero-order valence-corrected chi connectivity index (χ0v) is 15.0. The summed E-state index contributed by atoms with van der Waals surface area (Å²) in [4.78, 5) is 24.2. The van der Waals surface area contributed by atoms with E-state index in [-0.39, 0.29) is 0 Å². The zero-order valence-electron chi connectivity index (χ0n) is 14.2. The molecule has 8 nitrogen and oxygen atoms in total. The number of carbonyl (C=O) groups is 2. The first-order valence-corrected chi connectivity index (χ1v) is 7.95. The van der Waals surface area contributed by atoms with Crippen molar-refractivity contribution in [2.45, 2.75) is 0 Å². The number of carbonyl (C=O) groups excluding carboxylic acids is 2. The molecule has 0 spiro atoms. The maximum absolute atomic E-state index is 12.2. The van der Waals surface area contributed by atoms with Gasteiger partial charge in [0.15, 0.2) is 11.5 Å². The van der Waals surface area contributed by atoms with Crippen molar-refractivity contribution in [2.24, 2.45) is 0 Å². The number of nitrogens with one attached hydrogen (secondary N) is 2. The minimum Gasteiger partial charge on any atom is -0.493 e. The summed E-state index contributed by atoms with van der Waals surface area (Å²) in [5.74, 6) is 0.714. The number of amides is 2. The van der Waals surface area contributed by atoms with Gasteiger partial charge in [0.2, 0.25) is 5.75 Å². The highest BCUT2D eigenvalue weighted by Gasteiger charge is 2.17. The monoisotopic (exact) mass is 366 g/mol. The first-order chi connectivity index (χ1) is 12.0. The molecular weight excluding hydrogens is 348 g/mol. The molecule has 9 heteroatoms. The van der Waals surface area contributed by atoms with Crippen LogP contribution in [0.1, 0.15) is 9.67 Å². The van der Waals surface area contributed by atoms with E-state index in [1.807, 2.05) is 0 Å². The van der Waals surface area contributed by atoms with Gasteiger partial charge in [-0.25, -0.2) is 9.59 Å². The van der Waals surface area contributed by atoms with E-state index in [0.29, 0.717) is 33.5 Å². The number of urea groups is 1. The highest BCUT2D eigenvalue weighted by Crippen LogP contribution is 2.40. The summed E-state index contributed by atoms with van der Waals surface area (Å²) in [6, 6.07) is 4.27. The molecule has 2 aromatic rings. The van der Waals surface area contributed by atoms with Gasteiger partial charge in [-0.1, -0.05) is 0 Å². The van der Waals surface area contributed by atoms with Crippen molar-refractivity contribution in [3.8, 4) is 17.2 Å². The third-order valence-electron chi connectivity index (χ3n) is 3.21. The van der Waals surface area contributed by atoms with Crippen LogP contribution in [-0.2, 0) is 4.74 Å². The second-order valence-electron chi connectivity index (χ2n) is 4.65. The van der Waals surface area contributed by atoms with Crippen molar-refractivity contribution in [1.29, 1.82) is 0 Å². The van der Waals surface area contributed by atoms with E-state index in [1.54, 1.807) is 23.6 Å². The number of thiophene rings is 1. The molecule has 134 valence electrons. The van der Waals surface area contributed by atoms with Crippen molar-refractivity contribution in [3.05, 3.63) is 28.5 Å². The lowest BCUT2D eigenvalue weighted by Crippen LogP contribution is -2.20. The van der Waals surface area contributed by atoms with Gasteiger partial charge in [-0.15, -0.1) is 11.3 Å². The molecule has 0 atom stereocenters. The quantitative estimate of drug-likeness (QED) is 0.763. The molecule has 0 saturated carbocycles. The van der Waals surface area contributed by atoms with Crippen molar-refractivity contribution in [2.75, 3.05) is 39.1 Å². The molecule has 2 N–H and O–H groups in total. The fraction of sp³-hybridized carbons (Fsp3) is 0.250. The molecule has 0 unspecified atom stereocenters. The normalized spacial score (nSPS) is 9.92. The van der Waals surface area contributed by atoms with Gasteiger partial charge in [-0.05, 0) is 11.4 Å². The Balaban J connectivity index is 2.18. The molecule has 0 saturated heterocycles. The lowest BCUT2D eigenvalue weighted by Gasteiger charge is -2.15. The molecule has 0 bridgehead atoms. The van der Waals surface area contributed by atoms with Crippen LogP contribution in [0.2, 0.25) is 0 Å². The summed E-state index contributed by atoms with van der Waals surface area (Å²) >= 11 is 1.17. The van der Waals surface area contributed by atoms with Gasteiger partial charge in [0, 0.05) is 12.1 Å². The maximum atomic E-state index is 12.2. The third kappa shape index (κ3) is 4.13. The summed E-state index contributed by atoms with van der Waals surface area (Å²) < 4.78 is 20.4. The first-order valence-electron chi connectivity index (χ1n) is 7.07. The third-order valence-corrected chi connectivity index (χ3v) is 4.10. The molecule has 2 amide bonds. The van der Waals surface area contributed by atoms with Crippen LogP contribution < -0.4 is 24.8 Å². The molecule has 25 heavy (non-hydrogen) atoms. The highest BCUT2D eigenvalue weighted by molar-refractivity contribution is 7.12. The van der Waals surface area contributed by atoms with E-state index in [0.717, 1.165) is 0 Å². The number of rotatable bonds is 6. The van der Waals surface area contributed by atoms with Crippen LogP contribution in [0.15, 0.2) is 23.6 Å². The summed E-state index contributed by atoms with van der Waals surface area (Å²) in [6.07, 6.45) is 0. The van der Waals surface area contributed by atoms with Crippen LogP contribution in [-0.4, -0.2) is 40.4 Å². The average Bonchev–Trinajstić information content (AvgIpc) is 3.07. The molecular formula is C16H18N2O6S. The van der Waals surface area contributed by atoms with Crippen LogP contribution in [0.4, 0.5) is 16.2 Å². The minimum absolute atomic E-state index is 0.308. The standard InChI is InChI=1S/C16H18N2O6S/c1-21-11-7-9(8-12(22-2)13(11)23-3)17-16(20)18-10-5-6-25-14(10)15(19)24-4/h5-8H,1-4H3,(H2,17,18,20). The Morgan fingerprint density at radius 2 is 1.60 bits per heavy atom. The molecule has 0 radical (unpaired) electrons. The SMILES string of the molecule is COC(=O)c1sccc1NC(=O)Nc1cc(OC)c(OC)c(OC)c1. The van der Waals surface area contributed by atoms with Crippen LogP contribution in [0.25, 0.3) is 0 Å². The molecule has 0 aliphatic heterocycles. The van der Waals surface area contributed by atoms with Gasteiger partial charge < -0.3 is 29.6 Å². The van der Waals surface area contributed by atoms with Crippen molar-refractivity contribution in [3.63, 3.8) is 0 Å². The van der Waals surface area contributed by atoms with Crippen LogP contribution in [0.3, 0.4) is 0 Å². The molecule has 0 aliphatic rings. The van der Waals surface area contributed by atoms with E-state index >= 15 is 0 Å².